The number of carbonyl (C=O) groups is 1. The summed E-state index contributed by atoms with van der Waals surface area (Å²) in [6.07, 6.45) is 5.49. The van der Waals surface area contributed by atoms with Crippen LogP contribution < -0.4 is 5.32 Å². The first-order valence-corrected chi connectivity index (χ1v) is 5.79. The maximum Gasteiger partial charge on any atom is 0.221 e. The molecule has 0 aliphatic heterocycles. The summed E-state index contributed by atoms with van der Waals surface area (Å²) in [6.45, 7) is 2.13. The van der Waals surface area contributed by atoms with Gasteiger partial charge in [-0.25, -0.2) is 0 Å². The number of rotatable bonds is 6. The predicted octanol–water partition coefficient (Wildman–Crippen LogP) is 2.00. The van der Waals surface area contributed by atoms with Crippen LogP contribution in [0, 0.1) is 5.92 Å². The van der Waals surface area contributed by atoms with Crippen molar-refractivity contribution >= 4 is 18.5 Å². The molecule has 76 valence electrons. The summed E-state index contributed by atoms with van der Waals surface area (Å²) in [5, 5.41) is 3.05. The summed E-state index contributed by atoms with van der Waals surface area (Å²) < 4.78 is 0. The third-order valence-corrected chi connectivity index (χ3v) is 2.74. The van der Waals surface area contributed by atoms with Gasteiger partial charge in [0.25, 0.3) is 0 Å². The molecule has 1 amide bonds. The molecule has 0 aromatic carbocycles. The van der Waals surface area contributed by atoms with E-state index in [0.717, 1.165) is 12.3 Å². The van der Waals surface area contributed by atoms with Crippen molar-refractivity contribution in [1.29, 1.82) is 0 Å². The van der Waals surface area contributed by atoms with Crippen molar-refractivity contribution in [3.8, 4) is 0 Å². The van der Waals surface area contributed by atoms with Crippen LogP contribution in [-0.2, 0) is 4.79 Å². The average Bonchev–Trinajstić information content (AvgIpc) is 2.87. The van der Waals surface area contributed by atoms with Crippen molar-refractivity contribution in [2.75, 3.05) is 5.75 Å². The molecule has 0 heterocycles. The molecule has 1 aliphatic carbocycles. The molecule has 0 bridgehead atoms. The first kappa shape index (κ1) is 10.9. The lowest BCUT2D eigenvalue weighted by atomic mass is 10.1. The second kappa shape index (κ2) is 5.53. The highest BCUT2D eigenvalue weighted by Crippen LogP contribution is 2.33. The van der Waals surface area contributed by atoms with Crippen LogP contribution in [0.4, 0.5) is 0 Å². The lowest BCUT2D eigenvalue weighted by Crippen LogP contribution is -2.34. The molecule has 1 aliphatic rings. The molecular formula is C10H19NOS. The highest BCUT2D eigenvalue weighted by molar-refractivity contribution is 7.80. The summed E-state index contributed by atoms with van der Waals surface area (Å²) in [7, 11) is 0. The summed E-state index contributed by atoms with van der Waals surface area (Å²) in [5.41, 5.74) is 0. The van der Waals surface area contributed by atoms with E-state index in [0.29, 0.717) is 18.2 Å². The fraction of sp³-hybridized carbons (Fsp3) is 0.900. The average molecular weight is 201 g/mol. The topological polar surface area (TPSA) is 29.1 Å². The number of hydrogen-bond donors (Lipinski definition) is 2. The first-order valence-electron chi connectivity index (χ1n) is 5.16. The number of thiol groups is 1. The van der Waals surface area contributed by atoms with Gasteiger partial charge in [-0.3, -0.25) is 4.79 Å². The van der Waals surface area contributed by atoms with Crippen LogP contribution in [0.15, 0.2) is 0 Å². The number of amides is 1. The van der Waals surface area contributed by atoms with Gasteiger partial charge >= 0.3 is 0 Å². The Balaban J connectivity index is 2.17. The van der Waals surface area contributed by atoms with Gasteiger partial charge in [0.05, 0.1) is 0 Å². The molecular weight excluding hydrogens is 182 g/mol. The molecule has 0 spiro atoms. The number of carbonyl (C=O) groups excluding carboxylic acids is 1. The molecule has 1 unspecified atom stereocenters. The summed E-state index contributed by atoms with van der Waals surface area (Å²) >= 11 is 4.03. The quantitative estimate of drug-likeness (QED) is 0.632. The Morgan fingerprint density at radius 3 is 2.77 bits per heavy atom. The van der Waals surface area contributed by atoms with Gasteiger partial charge in [-0.1, -0.05) is 19.8 Å². The minimum absolute atomic E-state index is 0.155. The van der Waals surface area contributed by atoms with Crippen molar-refractivity contribution in [3.05, 3.63) is 0 Å². The molecule has 1 saturated carbocycles. The Morgan fingerprint density at radius 2 is 2.31 bits per heavy atom. The molecule has 1 rings (SSSR count). The van der Waals surface area contributed by atoms with Gasteiger partial charge in [0.2, 0.25) is 5.91 Å². The molecule has 0 aromatic rings. The zero-order valence-corrected chi connectivity index (χ0v) is 9.15. The van der Waals surface area contributed by atoms with Crippen molar-refractivity contribution in [2.24, 2.45) is 5.92 Å². The summed E-state index contributed by atoms with van der Waals surface area (Å²) in [5.74, 6) is 1.69. The van der Waals surface area contributed by atoms with Crippen LogP contribution in [0.2, 0.25) is 0 Å². The lowest BCUT2D eigenvalue weighted by molar-refractivity contribution is -0.121. The molecule has 1 atom stereocenters. The van der Waals surface area contributed by atoms with E-state index in [9.17, 15) is 4.79 Å². The zero-order valence-electron chi connectivity index (χ0n) is 8.25. The highest BCUT2D eigenvalue weighted by Gasteiger charge is 2.25. The van der Waals surface area contributed by atoms with E-state index in [2.05, 4.69) is 24.9 Å². The number of nitrogens with one attached hydrogen (secondary N) is 1. The monoisotopic (exact) mass is 201 g/mol. The van der Waals surface area contributed by atoms with E-state index >= 15 is 0 Å². The first-order chi connectivity index (χ1) is 6.26. The van der Waals surface area contributed by atoms with Crippen molar-refractivity contribution in [1.82, 2.24) is 5.32 Å². The van der Waals surface area contributed by atoms with Gasteiger partial charge < -0.3 is 5.32 Å². The Kier molecular flexibility index (Phi) is 4.64. The lowest BCUT2D eigenvalue weighted by Gasteiger charge is -2.16. The smallest absolute Gasteiger partial charge is 0.221 e. The molecule has 0 aromatic heterocycles. The van der Waals surface area contributed by atoms with Gasteiger partial charge in [0.1, 0.15) is 0 Å². The van der Waals surface area contributed by atoms with Crippen LogP contribution in [0.25, 0.3) is 0 Å². The van der Waals surface area contributed by atoms with Crippen LogP contribution in [0.1, 0.15) is 39.0 Å². The number of hydrogen-bond acceptors (Lipinski definition) is 2. The predicted molar refractivity (Wildman–Crippen MR) is 58.0 cm³/mol. The molecule has 1 N–H and O–H groups in total. The van der Waals surface area contributed by atoms with E-state index < -0.39 is 0 Å². The molecule has 3 heteroatoms. The van der Waals surface area contributed by atoms with Crippen LogP contribution in [0.5, 0.6) is 0 Å². The summed E-state index contributed by atoms with van der Waals surface area (Å²) in [6, 6.07) is 0.403. The van der Waals surface area contributed by atoms with E-state index in [1.807, 2.05) is 0 Å². The Morgan fingerprint density at radius 1 is 1.62 bits per heavy atom. The third-order valence-electron chi connectivity index (χ3n) is 2.51. The minimum atomic E-state index is 0.155. The molecule has 2 nitrogen and oxygen atoms in total. The van der Waals surface area contributed by atoms with Crippen LogP contribution >= 0.6 is 12.6 Å². The van der Waals surface area contributed by atoms with Crippen LogP contribution in [-0.4, -0.2) is 17.7 Å². The van der Waals surface area contributed by atoms with Gasteiger partial charge in [-0.15, -0.1) is 0 Å². The normalized spacial score (nSPS) is 18.3. The van der Waals surface area contributed by atoms with Gasteiger partial charge in [-0.05, 0) is 24.5 Å². The Labute approximate surface area is 85.9 Å². The fourth-order valence-electron chi connectivity index (χ4n) is 1.48. The second-order valence-corrected chi connectivity index (χ2v) is 4.27. The van der Waals surface area contributed by atoms with E-state index in [-0.39, 0.29) is 5.91 Å². The highest BCUT2D eigenvalue weighted by atomic mass is 32.1. The van der Waals surface area contributed by atoms with Crippen molar-refractivity contribution in [2.45, 2.75) is 45.1 Å². The third kappa shape index (κ3) is 4.55. The van der Waals surface area contributed by atoms with E-state index in [1.165, 1.54) is 19.3 Å². The molecule has 0 radical (unpaired) electrons. The van der Waals surface area contributed by atoms with Gasteiger partial charge in [-0.2, -0.15) is 12.6 Å². The van der Waals surface area contributed by atoms with E-state index in [4.69, 9.17) is 0 Å². The zero-order chi connectivity index (χ0) is 9.68. The Hall–Kier alpha value is -0.180. The van der Waals surface area contributed by atoms with Crippen molar-refractivity contribution in [3.63, 3.8) is 0 Å². The fourth-order valence-corrected chi connectivity index (χ4v) is 1.69. The van der Waals surface area contributed by atoms with Gasteiger partial charge in [0.15, 0.2) is 0 Å². The minimum Gasteiger partial charge on any atom is -0.353 e. The standard InChI is InChI=1S/C10H19NOS/c1-2-9(7-8-3-4-8)11-10(12)5-6-13/h8-9,13H,2-7H2,1H3,(H,11,12). The maximum atomic E-state index is 11.3. The van der Waals surface area contributed by atoms with Gasteiger partial charge in [0, 0.05) is 12.5 Å². The second-order valence-electron chi connectivity index (χ2n) is 3.83. The molecule has 1 fully saturated rings. The SMILES string of the molecule is CCC(CC1CC1)NC(=O)CCS. The Bertz CT molecular complexity index is 168. The van der Waals surface area contributed by atoms with Crippen molar-refractivity contribution < 1.29 is 4.79 Å². The molecule has 0 saturated heterocycles. The van der Waals surface area contributed by atoms with Crippen LogP contribution in [0.3, 0.4) is 0 Å². The molecule has 13 heavy (non-hydrogen) atoms. The maximum absolute atomic E-state index is 11.3. The summed E-state index contributed by atoms with van der Waals surface area (Å²) in [4.78, 5) is 11.3. The largest absolute Gasteiger partial charge is 0.353 e. The van der Waals surface area contributed by atoms with E-state index in [1.54, 1.807) is 0 Å².